The number of sulfone groups is 1. The molecule has 0 radical (unpaired) electrons. The number of hydrogen-bond donors (Lipinski definition) is 0. The molecular weight excluding hydrogens is 292 g/mol. The van der Waals surface area contributed by atoms with Gasteiger partial charge < -0.3 is 0 Å². The molecule has 3 rings (SSSR count). The van der Waals surface area contributed by atoms with E-state index in [1.54, 1.807) is 36.2 Å². The van der Waals surface area contributed by atoms with Crippen molar-refractivity contribution in [3.05, 3.63) is 35.4 Å². The second-order valence-electron chi connectivity index (χ2n) is 5.54. The Bertz CT molecular complexity index is 678. The summed E-state index contributed by atoms with van der Waals surface area (Å²) in [6.07, 6.45) is 0.544. The van der Waals surface area contributed by atoms with Crippen LogP contribution in [0.3, 0.4) is 0 Å². The van der Waals surface area contributed by atoms with Gasteiger partial charge in [-0.05, 0) is 25.6 Å². The number of fused-ring (bicyclic) bond motifs is 1. The van der Waals surface area contributed by atoms with Crippen LogP contribution in [0.25, 0.3) is 0 Å². The lowest BCUT2D eigenvalue weighted by molar-refractivity contribution is 0.0535. The predicted octanol–water partition coefficient (Wildman–Crippen LogP) is 0.359. The lowest BCUT2D eigenvalue weighted by Gasteiger charge is -2.27. The Morgan fingerprint density at radius 1 is 1.19 bits per heavy atom. The Balaban J connectivity index is 1.75. The second kappa shape index (κ2) is 4.92. The van der Waals surface area contributed by atoms with E-state index in [0.717, 1.165) is 0 Å². The zero-order valence-corrected chi connectivity index (χ0v) is 12.5. The fourth-order valence-electron chi connectivity index (χ4n) is 2.83. The van der Waals surface area contributed by atoms with Crippen LogP contribution in [-0.4, -0.2) is 61.3 Å². The molecule has 21 heavy (non-hydrogen) atoms. The van der Waals surface area contributed by atoms with Crippen molar-refractivity contribution in [2.45, 2.75) is 12.5 Å². The van der Waals surface area contributed by atoms with Crippen LogP contribution >= 0.6 is 0 Å². The van der Waals surface area contributed by atoms with E-state index < -0.39 is 9.84 Å². The van der Waals surface area contributed by atoms with Gasteiger partial charge in [-0.2, -0.15) is 0 Å². The molecule has 7 heteroatoms. The molecule has 0 spiro atoms. The quantitative estimate of drug-likeness (QED) is 0.754. The summed E-state index contributed by atoms with van der Waals surface area (Å²) < 4.78 is 23.0. The Morgan fingerprint density at radius 3 is 2.24 bits per heavy atom. The number of benzene rings is 1. The predicted molar refractivity (Wildman–Crippen MR) is 76.6 cm³/mol. The smallest absolute Gasteiger partial charge is 0.262 e. The summed E-state index contributed by atoms with van der Waals surface area (Å²) in [6.45, 7) is 0.118. The van der Waals surface area contributed by atoms with Gasteiger partial charge in [0, 0.05) is 6.04 Å². The van der Waals surface area contributed by atoms with Crippen LogP contribution in [0.4, 0.5) is 0 Å². The first-order valence-corrected chi connectivity index (χ1v) is 8.57. The molecule has 0 bridgehead atoms. The molecule has 1 fully saturated rings. The summed E-state index contributed by atoms with van der Waals surface area (Å²) in [5.41, 5.74) is 0.824. The summed E-state index contributed by atoms with van der Waals surface area (Å²) in [6, 6.07) is 6.58. The largest absolute Gasteiger partial charge is 0.285 e. The minimum absolute atomic E-state index is 0.0899. The van der Waals surface area contributed by atoms with Crippen LogP contribution in [0.1, 0.15) is 27.1 Å². The van der Waals surface area contributed by atoms with Gasteiger partial charge >= 0.3 is 0 Å². The molecule has 6 nitrogen and oxygen atoms in total. The van der Waals surface area contributed by atoms with Gasteiger partial charge in [-0.1, -0.05) is 12.1 Å². The van der Waals surface area contributed by atoms with Crippen molar-refractivity contribution in [1.82, 2.24) is 9.80 Å². The average Bonchev–Trinajstić information content (AvgIpc) is 2.93. The number of imide groups is 1. The third kappa shape index (κ3) is 2.47. The summed E-state index contributed by atoms with van der Waals surface area (Å²) >= 11 is 0. The molecule has 2 aliphatic heterocycles. The molecule has 2 heterocycles. The lowest BCUT2D eigenvalue weighted by atomic mass is 10.1. The third-order valence-electron chi connectivity index (χ3n) is 4.07. The van der Waals surface area contributed by atoms with Gasteiger partial charge in [-0.15, -0.1) is 0 Å². The number of carbonyl (C=O) groups excluding carboxylic acids is 2. The molecule has 2 amide bonds. The van der Waals surface area contributed by atoms with Crippen molar-refractivity contribution >= 4 is 21.7 Å². The summed E-state index contributed by atoms with van der Waals surface area (Å²) in [7, 11) is -1.24. The van der Waals surface area contributed by atoms with Gasteiger partial charge in [0.1, 0.15) is 0 Å². The molecular formula is C14H16N2O4S. The van der Waals surface area contributed by atoms with Crippen LogP contribution in [0, 0.1) is 0 Å². The minimum atomic E-state index is -2.98. The summed E-state index contributed by atoms with van der Waals surface area (Å²) in [4.78, 5) is 27.4. The lowest BCUT2D eigenvalue weighted by Crippen LogP contribution is -2.44. The fourth-order valence-corrected chi connectivity index (χ4v) is 4.63. The highest BCUT2D eigenvalue weighted by molar-refractivity contribution is 7.91. The average molecular weight is 308 g/mol. The maximum Gasteiger partial charge on any atom is 0.262 e. The van der Waals surface area contributed by atoms with E-state index in [1.807, 2.05) is 0 Å². The van der Waals surface area contributed by atoms with Gasteiger partial charge in [0.2, 0.25) is 0 Å². The van der Waals surface area contributed by atoms with E-state index in [4.69, 9.17) is 0 Å². The van der Waals surface area contributed by atoms with E-state index in [9.17, 15) is 18.0 Å². The van der Waals surface area contributed by atoms with Gasteiger partial charge in [-0.3, -0.25) is 19.4 Å². The Labute approximate surface area is 123 Å². The third-order valence-corrected chi connectivity index (χ3v) is 5.82. The summed E-state index contributed by atoms with van der Waals surface area (Å²) in [5, 5.41) is 0. The molecule has 1 atom stereocenters. The minimum Gasteiger partial charge on any atom is -0.285 e. The van der Waals surface area contributed by atoms with Crippen molar-refractivity contribution in [2.24, 2.45) is 0 Å². The topological polar surface area (TPSA) is 74.8 Å². The van der Waals surface area contributed by atoms with Gasteiger partial charge in [0.15, 0.2) is 9.84 Å². The van der Waals surface area contributed by atoms with Crippen molar-refractivity contribution < 1.29 is 18.0 Å². The molecule has 1 aromatic rings. The van der Waals surface area contributed by atoms with Crippen LogP contribution in [0.15, 0.2) is 24.3 Å². The molecule has 0 unspecified atom stereocenters. The van der Waals surface area contributed by atoms with Gasteiger partial charge in [-0.25, -0.2) is 8.42 Å². The monoisotopic (exact) mass is 308 g/mol. The number of hydrogen-bond acceptors (Lipinski definition) is 5. The first-order chi connectivity index (χ1) is 9.89. The maximum absolute atomic E-state index is 12.2. The molecule has 1 saturated heterocycles. The van der Waals surface area contributed by atoms with E-state index in [-0.39, 0.29) is 36.0 Å². The molecule has 0 aromatic heterocycles. The Hall–Kier alpha value is -1.73. The number of nitrogens with zero attached hydrogens (tertiary/aromatic N) is 2. The molecule has 112 valence electrons. The highest BCUT2D eigenvalue weighted by atomic mass is 32.2. The van der Waals surface area contributed by atoms with Crippen molar-refractivity contribution in [1.29, 1.82) is 0 Å². The number of amides is 2. The van der Waals surface area contributed by atoms with Gasteiger partial charge in [0.05, 0.1) is 29.3 Å². The molecule has 2 aliphatic rings. The molecule has 0 N–H and O–H groups in total. The number of carbonyl (C=O) groups is 2. The molecule has 1 aromatic carbocycles. The maximum atomic E-state index is 12.2. The van der Waals surface area contributed by atoms with Crippen LogP contribution < -0.4 is 0 Å². The standard InChI is InChI=1S/C14H16N2O4S/c1-15(10-6-7-21(19,20)8-10)9-16-13(17)11-4-2-3-5-12(11)14(16)18/h2-5,10H,6-9H2,1H3/t10-/m1/s1. The van der Waals surface area contributed by atoms with Crippen LogP contribution in [-0.2, 0) is 9.84 Å². The normalized spacial score (nSPS) is 23.9. The van der Waals surface area contributed by atoms with Crippen molar-refractivity contribution in [2.75, 3.05) is 25.2 Å². The van der Waals surface area contributed by atoms with Gasteiger partial charge in [0.25, 0.3) is 11.8 Å². The molecule has 0 saturated carbocycles. The van der Waals surface area contributed by atoms with E-state index in [0.29, 0.717) is 17.5 Å². The highest BCUT2D eigenvalue weighted by Gasteiger charge is 2.38. The fraction of sp³-hybridized carbons (Fsp3) is 0.429. The first kappa shape index (κ1) is 14.2. The second-order valence-corrected chi connectivity index (χ2v) is 7.77. The van der Waals surface area contributed by atoms with Crippen molar-refractivity contribution in [3.8, 4) is 0 Å². The highest BCUT2D eigenvalue weighted by Crippen LogP contribution is 2.24. The Kier molecular flexibility index (Phi) is 3.33. The van der Waals surface area contributed by atoms with Crippen molar-refractivity contribution in [3.63, 3.8) is 0 Å². The molecule has 0 aliphatic carbocycles. The SMILES string of the molecule is CN(CN1C(=O)c2ccccc2C1=O)[C@@H]1CCS(=O)(=O)C1. The van der Waals surface area contributed by atoms with E-state index >= 15 is 0 Å². The Morgan fingerprint density at radius 2 is 1.76 bits per heavy atom. The van der Waals surface area contributed by atoms with E-state index in [2.05, 4.69) is 0 Å². The zero-order valence-electron chi connectivity index (χ0n) is 11.7. The summed E-state index contributed by atoms with van der Waals surface area (Å²) in [5.74, 6) is -0.372. The van der Waals surface area contributed by atoms with Crippen LogP contribution in [0.5, 0.6) is 0 Å². The first-order valence-electron chi connectivity index (χ1n) is 6.75. The zero-order chi connectivity index (χ0) is 15.2. The van der Waals surface area contributed by atoms with Crippen LogP contribution in [0.2, 0.25) is 0 Å². The van der Waals surface area contributed by atoms with E-state index in [1.165, 1.54) is 4.90 Å². The number of rotatable bonds is 3.